The second-order valence-electron chi connectivity index (χ2n) is 5.18. The zero-order valence-corrected chi connectivity index (χ0v) is 12.3. The van der Waals surface area contributed by atoms with Crippen LogP contribution in [0.5, 0.6) is 0 Å². The van der Waals surface area contributed by atoms with Crippen molar-refractivity contribution < 1.29 is 22.7 Å². The van der Waals surface area contributed by atoms with Crippen LogP contribution in [0.3, 0.4) is 0 Å². The van der Waals surface area contributed by atoms with Crippen LogP contribution in [0.15, 0.2) is 24.3 Å². The summed E-state index contributed by atoms with van der Waals surface area (Å²) in [6.45, 7) is 3.67. The van der Waals surface area contributed by atoms with E-state index in [0.717, 1.165) is 6.07 Å². The van der Waals surface area contributed by atoms with Gasteiger partial charge in [-0.05, 0) is 18.6 Å². The zero-order chi connectivity index (χ0) is 16.2. The van der Waals surface area contributed by atoms with Crippen LogP contribution in [0.2, 0.25) is 0 Å². The summed E-state index contributed by atoms with van der Waals surface area (Å²) >= 11 is 0. The molecule has 1 aliphatic rings. The minimum Gasteiger partial charge on any atom is -0.378 e. The van der Waals surface area contributed by atoms with Crippen LogP contribution < -0.4 is 5.32 Å². The maximum absolute atomic E-state index is 13.0. The van der Waals surface area contributed by atoms with Crippen molar-refractivity contribution in [2.75, 3.05) is 32.8 Å². The largest absolute Gasteiger partial charge is 0.416 e. The number of alkyl halides is 3. The molecule has 0 aromatic heterocycles. The molecule has 1 amide bonds. The highest BCUT2D eigenvalue weighted by Gasteiger charge is 2.34. The Kier molecular flexibility index (Phi) is 5.42. The van der Waals surface area contributed by atoms with Gasteiger partial charge in [0.05, 0.1) is 25.3 Å². The number of ether oxygens (including phenoxy) is 1. The number of morpholine rings is 1. The predicted molar refractivity (Wildman–Crippen MR) is 75.3 cm³/mol. The number of halogens is 3. The molecular formula is C15H19F3N2O2. The summed E-state index contributed by atoms with van der Waals surface area (Å²) in [4.78, 5) is 13.7. The van der Waals surface area contributed by atoms with E-state index in [1.54, 1.807) is 17.9 Å². The summed E-state index contributed by atoms with van der Waals surface area (Å²) < 4.78 is 44.1. The molecule has 4 nitrogen and oxygen atoms in total. The number of rotatable bonds is 4. The summed E-state index contributed by atoms with van der Waals surface area (Å²) in [5.74, 6) is -0.125. The molecule has 1 saturated heterocycles. The van der Waals surface area contributed by atoms with Crippen molar-refractivity contribution >= 4 is 5.91 Å². The third-order valence-electron chi connectivity index (χ3n) is 3.66. The van der Waals surface area contributed by atoms with Crippen molar-refractivity contribution in [2.24, 2.45) is 0 Å². The lowest BCUT2D eigenvalue weighted by atomic mass is 10.0. The number of nitrogens with zero attached hydrogens (tertiary/aromatic N) is 1. The highest BCUT2D eigenvalue weighted by molar-refractivity contribution is 5.78. The van der Waals surface area contributed by atoms with E-state index in [1.807, 2.05) is 0 Å². The van der Waals surface area contributed by atoms with E-state index in [4.69, 9.17) is 4.74 Å². The molecule has 0 spiro atoms. The van der Waals surface area contributed by atoms with Crippen molar-refractivity contribution in [3.8, 4) is 0 Å². The maximum Gasteiger partial charge on any atom is 0.416 e. The fourth-order valence-electron chi connectivity index (χ4n) is 2.41. The van der Waals surface area contributed by atoms with Gasteiger partial charge in [-0.2, -0.15) is 13.2 Å². The van der Waals surface area contributed by atoms with Gasteiger partial charge in [0, 0.05) is 19.1 Å². The second-order valence-corrected chi connectivity index (χ2v) is 5.18. The topological polar surface area (TPSA) is 41.6 Å². The molecule has 1 fully saturated rings. The van der Waals surface area contributed by atoms with Crippen molar-refractivity contribution in [1.82, 2.24) is 10.2 Å². The number of hydrogen-bond acceptors (Lipinski definition) is 3. The van der Waals surface area contributed by atoms with Gasteiger partial charge in [0.25, 0.3) is 0 Å². The van der Waals surface area contributed by atoms with E-state index in [1.165, 1.54) is 12.1 Å². The molecule has 22 heavy (non-hydrogen) atoms. The number of benzene rings is 1. The van der Waals surface area contributed by atoms with Crippen LogP contribution in [0.4, 0.5) is 13.2 Å². The lowest BCUT2D eigenvalue weighted by Gasteiger charge is -2.28. The second kappa shape index (κ2) is 7.11. The normalized spacial score (nSPS) is 17.4. The summed E-state index contributed by atoms with van der Waals surface area (Å²) in [7, 11) is 0. The number of amides is 1. The average Bonchev–Trinajstić information content (AvgIpc) is 2.52. The van der Waals surface area contributed by atoms with Gasteiger partial charge in [0.1, 0.15) is 0 Å². The molecule has 1 heterocycles. The Hall–Kier alpha value is -1.60. The first-order chi connectivity index (χ1) is 10.4. The fraction of sp³-hybridized carbons (Fsp3) is 0.533. The molecule has 1 aromatic rings. The Morgan fingerprint density at radius 1 is 1.32 bits per heavy atom. The minimum atomic E-state index is -4.40. The number of carbonyl (C=O) groups excluding carboxylic acids is 1. The molecule has 1 atom stereocenters. The highest BCUT2D eigenvalue weighted by atomic mass is 19.4. The SMILES string of the molecule is C[C@H](NCC(=O)N1CCOCC1)c1ccccc1C(F)(F)F. The summed E-state index contributed by atoms with van der Waals surface area (Å²) in [5, 5.41) is 2.88. The molecule has 2 rings (SSSR count). The first-order valence-corrected chi connectivity index (χ1v) is 7.14. The number of carbonyl (C=O) groups is 1. The van der Waals surface area contributed by atoms with Gasteiger partial charge in [0.2, 0.25) is 5.91 Å². The molecule has 0 radical (unpaired) electrons. The van der Waals surface area contributed by atoms with E-state index >= 15 is 0 Å². The highest BCUT2D eigenvalue weighted by Crippen LogP contribution is 2.34. The van der Waals surface area contributed by atoms with E-state index in [9.17, 15) is 18.0 Å². The fourth-order valence-corrected chi connectivity index (χ4v) is 2.41. The van der Waals surface area contributed by atoms with Gasteiger partial charge in [-0.25, -0.2) is 0 Å². The molecule has 0 aliphatic carbocycles. The number of hydrogen-bond donors (Lipinski definition) is 1. The van der Waals surface area contributed by atoms with Crippen LogP contribution in [-0.4, -0.2) is 43.7 Å². The van der Waals surface area contributed by atoms with Gasteiger partial charge in [-0.1, -0.05) is 18.2 Å². The van der Waals surface area contributed by atoms with Crippen molar-refractivity contribution in [2.45, 2.75) is 19.1 Å². The van der Waals surface area contributed by atoms with E-state index < -0.39 is 17.8 Å². The van der Waals surface area contributed by atoms with Gasteiger partial charge in [0.15, 0.2) is 0 Å². The van der Waals surface area contributed by atoms with Crippen LogP contribution in [0.1, 0.15) is 24.1 Å². The molecule has 0 unspecified atom stereocenters. The Labute approximate surface area is 127 Å². The van der Waals surface area contributed by atoms with Gasteiger partial charge in [-0.15, -0.1) is 0 Å². The third-order valence-corrected chi connectivity index (χ3v) is 3.66. The summed E-state index contributed by atoms with van der Waals surface area (Å²) in [6, 6.07) is 4.84. The van der Waals surface area contributed by atoms with Crippen LogP contribution in [0, 0.1) is 0 Å². The molecule has 0 saturated carbocycles. The summed E-state index contributed by atoms with van der Waals surface area (Å²) in [5.41, 5.74) is -0.529. The van der Waals surface area contributed by atoms with Crippen LogP contribution in [-0.2, 0) is 15.7 Å². The smallest absolute Gasteiger partial charge is 0.378 e. The van der Waals surface area contributed by atoms with E-state index in [-0.39, 0.29) is 18.0 Å². The minimum absolute atomic E-state index is 0.00730. The molecule has 122 valence electrons. The molecule has 1 aliphatic heterocycles. The average molecular weight is 316 g/mol. The standard InChI is InChI=1S/C15H19F3N2O2/c1-11(12-4-2-3-5-13(12)15(16,17)18)19-10-14(21)20-6-8-22-9-7-20/h2-5,11,19H,6-10H2,1H3/t11-/m0/s1. The Morgan fingerprint density at radius 2 is 1.95 bits per heavy atom. The lowest BCUT2D eigenvalue weighted by molar-refractivity contribution is -0.138. The molecular weight excluding hydrogens is 297 g/mol. The number of nitrogens with one attached hydrogen (secondary N) is 1. The maximum atomic E-state index is 13.0. The van der Waals surface area contributed by atoms with Crippen molar-refractivity contribution in [1.29, 1.82) is 0 Å². The van der Waals surface area contributed by atoms with E-state index in [2.05, 4.69) is 5.32 Å². The zero-order valence-electron chi connectivity index (χ0n) is 12.3. The van der Waals surface area contributed by atoms with Crippen LogP contribution in [0.25, 0.3) is 0 Å². The quantitative estimate of drug-likeness (QED) is 0.926. The first kappa shape index (κ1) is 16.8. The Morgan fingerprint density at radius 3 is 2.59 bits per heavy atom. The monoisotopic (exact) mass is 316 g/mol. The van der Waals surface area contributed by atoms with Crippen molar-refractivity contribution in [3.63, 3.8) is 0 Å². The van der Waals surface area contributed by atoms with Gasteiger partial charge < -0.3 is 15.0 Å². The molecule has 1 aromatic carbocycles. The molecule has 0 bridgehead atoms. The first-order valence-electron chi connectivity index (χ1n) is 7.14. The lowest BCUT2D eigenvalue weighted by Crippen LogP contribution is -2.45. The molecule has 1 N–H and O–H groups in total. The van der Waals surface area contributed by atoms with Crippen LogP contribution >= 0.6 is 0 Å². The molecule has 7 heteroatoms. The van der Waals surface area contributed by atoms with Gasteiger partial charge in [-0.3, -0.25) is 4.79 Å². The van der Waals surface area contributed by atoms with Crippen molar-refractivity contribution in [3.05, 3.63) is 35.4 Å². The van der Waals surface area contributed by atoms with E-state index in [0.29, 0.717) is 26.3 Å². The Balaban J connectivity index is 1.98. The Bertz CT molecular complexity index is 514. The third kappa shape index (κ3) is 4.20. The summed E-state index contributed by atoms with van der Waals surface area (Å²) in [6.07, 6.45) is -4.40. The van der Waals surface area contributed by atoms with Gasteiger partial charge >= 0.3 is 6.18 Å². The predicted octanol–water partition coefficient (Wildman–Crippen LogP) is 2.21.